The Kier molecular flexibility index (Phi) is 9.06. The molecule has 0 aromatic carbocycles. The van der Waals surface area contributed by atoms with Crippen LogP contribution in [0.1, 0.15) is 40.5 Å². The van der Waals surface area contributed by atoms with Crippen molar-refractivity contribution in [3.8, 4) is 0 Å². The van der Waals surface area contributed by atoms with Gasteiger partial charge in [-0.15, -0.1) is 0 Å². The summed E-state index contributed by atoms with van der Waals surface area (Å²) >= 11 is 3.09. The van der Waals surface area contributed by atoms with E-state index in [9.17, 15) is 9.59 Å². The highest BCUT2D eigenvalue weighted by atomic mass is 79.9. The average Bonchev–Trinajstić information content (AvgIpc) is 2.26. The molecule has 1 atom stereocenters. The predicted molar refractivity (Wildman–Crippen MR) is 77.6 cm³/mol. The molecule has 0 aliphatic heterocycles. The van der Waals surface area contributed by atoms with E-state index in [2.05, 4.69) is 40.4 Å². The molecule has 5 heteroatoms. The highest BCUT2D eigenvalue weighted by Gasteiger charge is 2.21. The van der Waals surface area contributed by atoms with Gasteiger partial charge in [0.25, 0.3) is 0 Å². The molecule has 0 bridgehead atoms. The Labute approximate surface area is 118 Å². The zero-order valence-corrected chi connectivity index (χ0v) is 13.3. The number of amides is 2. The van der Waals surface area contributed by atoms with Gasteiger partial charge in [0.15, 0.2) is 0 Å². The molecule has 0 aliphatic rings. The lowest BCUT2D eigenvalue weighted by Crippen LogP contribution is -2.48. The first-order valence-electron chi connectivity index (χ1n) is 6.49. The Bertz CT molecular complexity index is 268. The second-order valence-corrected chi connectivity index (χ2v) is 5.92. The maximum Gasteiger partial charge on any atom is 0.242 e. The van der Waals surface area contributed by atoms with Crippen LogP contribution in [0.25, 0.3) is 0 Å². The van der Waals surface area contributed by atoms with Gasteiger partial charge in [0.1, 0.15) is 6.04 Å². The number of rotatable bonds is 8. The minimum absolute atomic E-state index is 0.0846. The molecule has 4 nitrogen and oxygen atoms in total. The lowest BCUT2D eigenvalue weighted by atomic mass is 10.0. The molecule has 2 N–H and O–H groups in total. The Balaban J connectivity index is 4.26. The van der Waals surface area contributed by atoms with Crippen molar-refractivity contribution in [1.82, 2.24) is 10.6 Å². The number of carbonyl (C=O) groups is 2. The molecule has 2 amide bonds. The third kappa shape index (κ3) is 8.50. The van der Waals surface area contributed by atoms with Crippen molar-refractivity contribution in [1.29, 1.82) is 0 Å². The summed E-state index contributed by atoms with van der Waals surface area (Å²) in [5.41, 5.74) is 0. The van der Waals surface area contributed by atoms with E-state index in [0.29, 0.717) is 24.8 Å². The summed E-state index contributed by atoms with van der Waals surface area (Å²) in [5.74, 6) is 0.686. The van der Waals surface area contributed by atoms with Crippen LogP contribution in [-0.4, -0.2) is 29.7 Å². The summed E-state index contributed by atoms with van der Waals surface area (Å²) in [4.78, 5) is 23.3. The van der Waals surface area contributed by atoms with E-state index < -0.39 is 6.04 Å². The summed E-state index contributed by atoms with van der Waals surface area (Å²) in [5, 5.41) is 5.84. The van der Waals surface area contributed by atoms with Crippen LogP contribution in [-0.2, 0) is 9.59 Å². The van der Waals surface area contributed by atoms with E-state index in [1.54, 1.807) is 0 Å². The van der Waals surface area contributed by atoms with Crippen LogP contribution in [0.2, 0.25) is 0 Å². The van der Waals surface area contributed by atoms with Gasteiger partial charge in [0.05, 0.1) is 5.33 Å². The van der Waals surface area contributed by atoms with Crippen LogP contribution in [0.15, 0.2) is 0 Å². The van der Waals surface area contributed by atoms with Crippen molar-refractivity contribution in [2.24, 2.45) is 11.8 Å². The molecular weight excluding hydrogens is 296 g/mol. The lowest BCUT2D eigenvalue weighted by molar-refractivity contribution is -0.128. The molecular formula is C13H25BrN2O2. The van der Waals surface area contributed by atoms with Crippen LogP contribution >= 0.6 is 15.9 Å². The second kappa shape index (κ2) is 9.36. The van der Waals surface area contributed by atoms with E-state index in [0.717, 1.165) is 6.42 Å². The van der Waals surface area contributed by atoms with E-state index in [1.807, 2.05) is 13.8 Å². The van der Waals surface area contributed by atoms with Crippen LogP contribution < -0.4 is 10.6 Å². The van der Waals surface area contributed by atoms with Gasteiger partial charge in [0, 0.05) is 6.54 Å². The van der Waals surface area contributed by atoms with Gasteiger partial charge in [0.2, 0.25) is 11.8 Å². The van der Waals surface area contributed by atoms with Gasteiger partial charge in [-0.05, 0) is 24.7 Å². The zero-order chi connectivity index (χ0) is 14.1. The minimum Gasteiger partial charge on any atom is -0.354 e. The third-order valence-electron chi connectivity index (χ3n) is 2.50. The lowest BCUT2D eigenvalue weighted by Gasteiger charge is -2.20. The van der Waals surface area contributed by atoms with E-state index >= 15 is 0 Å². The number of nitrogens with one attached hydrogen (secondary N) is 2. The van der Waals surface area contributed by atoms with Gasteiger partial charge < -0.3 is 10.6 Å². The molecule has 18 heavy (non-hydrogen) atoms. The van der Waals surface area contributed by atoms with Gasteiger partial charge in [-0.1, -0.05) is 43.6 Å². The molecule has 0 saturated heterocycles. The quantitative estimate of drug-likeness (QED) is 0.673. The van der Waals surface area contributed by atoms with E-state index in [-0.39, 0.29) is 17.1 Å². The standard InChI is InChI=1S/C13H25BrN2O2/c1-9(2)5-6-15-13(18)11(7-10(3)4)16-12(17)8-14/h9-11H,5-8H2,1-4H3,(H,15,18)(H,16,17)/t11-/m1/s1. The fourth-order valence-electron chi connectivity index (χ4n) is 1.54. The summed E-state index contributed by atoms with van der Waals surface area (Å²) in [7, 11) is 0. The summed E-state index contributed by atoms with van der Waals surface area (Å²) < 4.78 is 0. The van der Waals surface area contributed by atoms with Crippen molar-refractivity contribution in [3.05, 3.63) is 0 Å². The molecule has 0 saturated carbocycles. The van der Waals surface area contributed by atoms with Crippen LogP contribution in [0.5, 0.6) is 0 Å². The van der Waals surface area contributed by atoms with Crippen LogP contribution in [0, 0.1) is 11.8 Å². The second-order valence-electron chi connectivity index (χ2n) is 5.36. The molecule has 0 heterocycles. The molecule has 0 rings (SSSR count). The number of hydrogen-bond acceptors (Lipinski definition) is 2. The Morgan fingerprint density at radius 1 is 1.11 bits per heavy atom. The van der Waals surface area contributed by atoms with Crippen molar-refractivity contribution in [3.63, 3.8) is 0 Å². The first-order chi connectivity index (χ1) is 8.36. The highest BCUT2D eigenvalue weighted by molar-refractivity contribution is 9.09. The molecule has 106 valence electrons. The molecule has 0 aromatic heterocycles. The van der Waals surface area contributed by atoms with Crippen molar-refractivity contribution in [2.75, 3.05) is 11.9 Å². The molecule has 0 fully saturated rings. The van der Waals surface area contributed by atoms with Crippen molar-refractivity contribution in [2.45, 2.75) is 46.6 Å². The van der Waals surface area contributed by atoms with E-state index in [4.69, 9.17) is 0 Å². The number of alkyl halides is 1. The molecule has 0 unspecified atom stereocenters. The minimum atomic E-state index is -0.429. The number of halogens is 1. The number of carbonyl (C=O) groups excluding carboxylic acids is 2. The molecule has 0 aromatic rings. The van der Waals surface area contributed by atoms with Gasteiger partial charge in [-0.2, -0.15) is 0 Å². The van der Waals surface area contributed by atoms with Crippen molar-refractivity contribution < 1.29 is 9.59 Å². The Hall–Kier alpha value is -0.580. The first kappa shape index (κ1) is 17.4. The maximum absolute atomic E-state index is 12.0. The first-order valence-corrected chi connectivity index (χ1v) is 7.62. The summed E-state index contributed by atoms with van der Waals surface area (Å²) in [6.45, 7) is 8.97. The van der Waals surface area contributed by atoms with Gasteiger partial charge >= 0.3 is 0 Å². The Morgan fingerprint density at radius 3 is 2.17 bits per heavy atom. The number of hydrogen-bond donors (Lipinski definition) is 2. The maximum atomic E-state index is 12.0. The van der Waals surface area contributed by atoms with Gasteiger partial charge in [-0.3, -0.25) is 9.59 Å². The summed E-state index contributed by atoms with van der Waals surface area (Å²) in [6, 6.07) is -0.429. The van der Waals surface area contributed by atoms with Crippen LogP contribution in [0.4, 0.5) is 0 Å². The topological polar surface area (TPSA) is 58.2 Å². The SMILES string of the molecule is CC(C)CCNC(=O)[C@@H](CC(C)C)NC(=O)CBr. The molecule has 0 aliphatic carbocycles. The Morgan fingerprint density at radius 2 is 1.72 bits per heavy atom. The van der Waals surface area contributed by atoms with E-state index in [1.165, 1.54) is 0 Å². The monoisotopic (exact) mass is 320 g/mol. The van der Waals surface area contributed by atoms with Crippen molar-refractivity contribution >= 4 is 27.7 Å². The summed E-state index contributed by atoms with van der Waals surface area (Å²) in [6.07, 6.45) is 1.61. The van der Waals surface area contributed by atoms with Gasteiger partial charge in [-0.25, -0.2) is 0 Å². The van der Waals surface area contributed by atoms with Crippen LogP contribution in [0.3, 0.4) is 0 Å². The fraction of sp³-hybridized carbons (Fsp3) is 0.846. The average molecular weight is 321 g/mol. The highest BCUT2D eigenvalue weighted by Crippen LogP contribution is 2.05. The smallest absolute Gasteiger partial charge is 0.242 e. The third-order valence-corrected chi connectivity index (χ3v) is 3.01. The largest absolute Gasteiger partial charge is 0.354 e. The molecule has 0 radical (unpaired) electrons. The molecule has 0 spiro atoms. The zero-order valence-electron chi connectivity index (χ0n) is 11.8. The predicted octanol–water partition coefficient (Wildman–Crippen LogP) is 2.07. The normalized spacial score (nSPS) is 12.6. The fourth-order valence-corrected chi connectivity index (χ4v) is 1.70.